The normalized spacial score (nSPS) is 12.0. The Morgan fingerprint density at radius 1 is 0.600 bits per heavy atom. The Balaban J connectivity index is 0. The highest BCUT2D eigenvalue weighted by molar-refractivity contribution is 6.66. The molecule has 0 saturated carbocycles. The topological polar surface area (TPSA) is 0 Å². The van der Waals surface area contributed by atoms with Crippen molar-refractivity contribution in [3.63, 3.8) is 0 Å². The third-order valence-corrected chi connectivity index (χ3v) is 0. The van der Waals surface area contributed by atoms with Crippen LogP contribution in [0.1, 0.15) is 0 Å². The van der Waals surface area contributed by atoms with E-state index in [0.29, 0.717) is 0 Å². The van der Waals surface area contributed by atoms with E-state index >= 15 is 0 Å². The van der Waals surface area contributed by atoms with E-state index in [9.17, 15) is 8.78 Å². The van der Waals surface area contributed by atoms with Gasteiger partial charge in [-0.05, 0) is 69.6 Å². The van der Waals surface area contributed by atoms with Gasteiger partial charge in [-0.15, -0.1) is 0 Å². The van der Waals surface area contributed by atoms with Gasteiger partial charge in [-0.3, -0.25) is 0 Å². The van der Waals surface area contributed by atoms with E-state index in [1.165, 1.54) is 0 Å². The fourth-order valence-corrected chi connectivity index (χ4v) is 0. The second kappa shape index (κ2) is 5.28. The highest BCUT2D eigenvalue weighted by Crippen LogP contribution is 2.26. The van der Waals surface area contributed by atoms with Crippen molar-refractivity contribution in [2.24, 2.45) is 0 Å². The van der Waals surface area contributed by atoms with Gasteiger partial charge in [0.1, 0.15) is 0 Å². The molecule has 0 unspecified atom stereocenters. The summed E-state index contributed by atoms with van der Waals surface area (Å²) in [6, 6.07) is 0. The highest BCUT2D eigenvalue weighted by Gasteiger charge is 2.14. The molecule has 0 aliphatic heterocycles. The number of alkyl halides is 8. The molecule has 0 atom stereocenters. The van der Waals surface area contributed by atoms with Crippen LogP contribution in [0.2, 0.25) is 0 Å². The highest BCUT2D eigenvalue weighted by atomic mass is 35.6. The van der Waals surface area contributed by atoms with Crippen LogP contribution in [-0.4, -0.2) is 8.09 Å². The van der Waals surface area contributed by atoms with Crippen molar-refractivity contribution in [1.29, 1.82) is 0 Å². The van der Waals surface area contributed by atoms with E-state index in [0.717, 1.165) is 0 Å². The number of hydrogen-bond donors (Lipinski definition) is 0. The maximum absolute atomic E-state index is 11.0. The van der Waals surface area contributed by atoms with Crippen LogP contribution in [0, 0.1) is 0 Å². The first-order valence-electron chi connectivity index (χ1n) is 1.51. The third-order valence-electron chi connectivity index (χ3n) is 0. The fraction of sp³-hybridized carbons (Fsp3) is 1.00. The summed E-state index contributed by atoms with van der Waals surface area (Å²) < 4.78 is 16.8. The standard InChI is InChI=1S/2CCl3F/c2*2-1(3,4)5. The summed E-state index contributed by atoms with van der Waals surface area (Å²) in [6.07, 6.45) is 0. The summed E-state index contributed by atoms with van der Waals surface area (Å²) in [5.41, 5.74) is 0. The van der Waals surface area contributed by atoms with E-state index in [1.54, 1.807) is 0 Å². The molecular weight excluding hydrogens is 275 g/mol. The third kappa shape index (κ3) is 277. The first kappa shape index (κ1) is 14.1. The molecule has 64 valence electrons. The number of rotatable bonds is 0. The monoisotopic (exact) mass is 272 g/mol. The van der Waals surface area contributed by atoms with E-state index in [4.69, 9.17) is 0 Å². The molecule has 10 heavy (non-hydrogen) atoms. The van der Waals surface area contributed by atoms with E-state index < -0.39 is 8.09 Å². The SMILES string of the molecule is FC(Cl)(Cl)Cl.FC(Cl)(Cl)Cl. The summed E-state index contributed by atoms with van der Waals surface area (Å²) >= 11 is 26.4. The zero-order valence-corrected chi connectivity index (χ0v) is 8.56. The van der Waals surface area contributed by atoms with E-state index in [-0.39, 0.29) is 0 Å². The second-order valence-corrected chi connectivity index (χ2v) is 5.14. The minimum Gasteiger partial charge on any atom is -0.189 e. The quantitative estimate of drug-likeness (QED) is 0.568. The molecule has 0 aromatic carbocycles. The van der Waals surface area contributed by atoms with Crippen LogP contribution in [0.5, 0.6) is 0 Å². The molecule has 0 bridgehead atoms. The number of halogens is 8. The maximum Gasteiger partial charge on any atom is 0.333 e. The van der Waals surface area contributed by atoms with Crippen LogP contribution >= 0.6 is 69.6 Å². The predicted molar refractivity (Wildman–Crippen MR) is 42.8 cm³/mol. The molecule has 0 heterocycles. The van der Waals surface area contributed by atoms with Crippen molar-refractivity contribution in [2.75, 3.05) is 0 Å². The van der Waals surface area contributed by atoms with Crippen LogP contribution in [0.15, 0.2) is 0 Å². The summed E-state index contributed by atoms with van der Waals surface area (Å²) in [5.74, 6) is 0. The minimum absolute atomic E-state index is 2.58. The van der Waals surface area contributed by atoms with Crippen molar-refractivity contribution in [2.45, 2.75) is 8.09 Å². The van der Waals surface area contributed by atoms with Crippen molar-refractivity contribution in [3.05, 3.63) is 0 Å². The van der Waals surface area contributed by atoms with Crippen LogP contribution in [0.4, 0.5) is 8.78 Å². The lowest BCUT2D eigenvalue weighted by atomic mass is 11.7. The van der Waals surface area contributed by atoms with Gasteiger partial charge in [0.15, 0.2) is 0 Å². The molecule has 0 aromatic heterocycles. The van der Waals surface area contributed by atoms with Crippen LogP contribution in [0.25, 0.3) is 0 Å². The smallest absolute Gasteiger partial charge is 0.189 e. The summed E-state index contributed by atoms with van der Waals surface area (Å²) in [6.45, 7) is 0. The minimum atomic E-state index is -2.58. The summed E-state index contributed by atoms with van der Waals surface area (Å²) in [7, 11) is 0. The molecule has 0 spiro atoms. The van der Waals surface area contributed by atoms with Crippen molar-refractivity contribution in [3.8, 4) is 0 Å². The molecule has 0 radical (unpaired) electrons. The van der Waals surface area contributed by atoms with Crippen molar-refractivity contribution < 1.29 is 8.78 Å². The lowest BCUT2D eigenvalue weighted by molar-refractivity contribution is 0.507. The van der Waals surface area contributed by atoms with Gasteiger partial charge in [0.2, 0.25) is 0 Å². The Morgan fingerprint density at radius 2 is 0.600 bits per heavy atom. The maximum atomic E-state index is 11.0. The molecule has 0 N–H and O–H groups in total. The van der Waals surface area contributed by atoms with Gasteiger partial charge in [0.25, 0.3) is 0 Å². The lowest BCUT2D eigenvalue weighted by Gasteiger charge is -1.89. The van der Waals surface area contributed by atoms with Gasteiger partial charge in [0, 0.05) is 0 Å². The molecule has 0 aliphatic carbocycles. The predicted octanol–water partition coefficient (Wildman–Crippen LogP) is 4.57. The van der Waals surface area contributed by atoms with Gasteiger partial charge in [-0.2, -0.15) is 8.78 Å². The van der Waals surface area contributed by atoms with Gasteiger partial charge in [-0.1, -0.05) is 0 Å². The van der Waals surface area contributed by atoms with Crippen LogP contribution in [0.3, 0.4) is 0 Å². The molecule has 0 saturated heterocycles. The molecule has 0 rings (SSSR count). The zero-order valence-electron chi connectivity index (χ0n) is 4.02. The Hall–Kier alpha value is 1.60. The van der Waals surface area contributed by atoms with Gasteiger partial charge < -0.3 is 0 Å². The Bertz CT molecular complexity index is 56.7. The van der Waals surface area contributed by atoms with Crippen molar-refractivity contribution in [1.82, 2.24) is 0 Å². The molecule has 0 nitrogen and oxygen atoms in total. The van der Waals surface area contributed by atoms with E-state index in [2.05, 4.69) is 69.6 Å². The summed E-state index contributed by atoms with van der Waals surface area (Å²) in [5, 5.41) is 0. The Kier molecular flexibility index (Phi) is 7.47. The first-order valence-corrected chi connectivity index (χ1v) is 3.78. The summed E-state index contributed by atoms with van der Waals surface area (Å²) in [4.78, 5) is 0. The molecule has 0 amide bonds. The molecule has 8 heteroatoms. The lowest BCUT2D eigenvalue weighted by Crippen LogP contribution is -1.84. The van der Waals surface area contributed by atoms with E-state index in [1.807, 2.05) is 0 Å². The van der Waals surface area contributed by atoms with Crippen LogP contribution in [-0.2, 0) is 0 Å². The average Bonchev–Trinajstić information content (AvgIpc) is 1.12. The second-order valence-electron chi connectivity index (χ2n) is 0.857. The largest absolute Gasteiger partial charge is 0.333 e. The molecule has 0 aromatic rings. The fourth-order valence-electron chi connectivity index (χ4n) is 0. The molecule has 0 fully saturated rings. The van der Waals surface area contributed by atoms with Crippen molar-refractivity contribution >= 4 is 69.6 Å². The zero-order chi connectivity index (χ0) is 9.00. The Labute approximate surface area is 86.3 Å². The van der Waals surface area contributed by atoms with Gasteiger partial charge >= 0.3 is 8.09 Å². The molecule has 0 aliphatic rings. The van der Waals surface area contributed by atoms with Crippen LogP contribution < -0.4 is 0 Å². The van der Waals surface area contributed by atoms with Gasteiger partial charge in [-0.25, -0.2) is 0 Å². The molecular formula is C2Cl6F2. The average molecular weight is 275 g/mol. The van der Waals surface area contributed by atoms with Gasteiger partial charge in [0.05, 0.1) is 0 Å². The Morgan fingerprint density at radius 3 is 0.600 bits per heavy atom. The number of hydrogen-bond acceptors (Lipinski definition) is 0. The first-order chi connectivity index (χ1) is 4.00.